The highest BCUT2D eigenvalue weighted by atomic mass is 16.5. The Balaban J connectivity index is 1.91. The summed E-state index contributed by atoms with van der Waals surface area (Å²) >= 11 is 0. The number of aromatic amines is 1. The van der Waals surface area contributed by atoms with Gasteiger partial charge in [-0.25, -0.2) is 4.98 Å². The fourth-order valence-corrected chi connectivity index (χ4v) is 1.74. The zero-order chi connectivity index (χ0) is 12.8. The van der Waals surface area contributed by atoms with Crippen molar-refractivity contribution in [1.82, 2.24) is 14.9 Å². The number of nitrogens with zero attached hydrogens (tertiary/aromatic N) is 2. The van der Waals surface area contributed by atoms with E-state index < -0.39 is 0 Å². The molecule has 0 radical (unpaired) electrons. The molecule has 0 spiro atoms. The Kier molecular flexibility index (Phi) is 4.30. The SMILES string of the molecule is O=COCCc1ncc(C(=O)N2CCOCC2)[nH]1. The lowest BCUT2D eigenvalue weighted by Crippen LogP contribution is -2.40. The number of imidazole rings is 1. The first-order chi connectivity index (χ1) is 8.81. The van der Waals surface area contributed by atoms with E-state index in [-0.39, 0.29) is 12.5 Å². The summed E-state index contributed by atoms with van der Waals surface area (Å²) in [5.41, 5.74) is 0.456. The fourth-order valence-electron chi connectivity index (χ4n) is 1.74. The second kappa shape index (κ2) is 6.15. The molecule has 98 valence electrons. The Morgan fingerprint density at radius 3 is 3.06 bits per heavy atom. The standard InChI is InChI=1S/C11H15N3O4/c15-8-18-4-1-10-12-7-9(13-10)11(16)14-2-5-17-6-3-14/h7-8H,1-6H2,(H,12,13). The van der Waals surface area contributed by atoms with Gasteiger partial charge in [-0.2, -0.15) is 0 Å². The van der Waals surface area contributed by atoms with Gasteiger partial charge in [0, 0.05) is 19.5 Å². The molecule has 0 bridgehead atoms. The number of carbonyl (C=O) groups excluding carboxylic acids is 2. The van der Waals surface area contributed by atoms with Crippen molar-refractivity contribution < 1.29 is 19.1 Å². The average Bonchev–Trinajstić information content (AvgIpc) is 2.88. The molecule has 1 aromatic heterocycles. The predicted molar refractivity (Wildman–Crippen MR) is 61.0 cm³/mol. The minimum atomic E-state index is -0.0756. The van der Waals surface area contributed by atoms with Gasteiger partial charge in [0.25, 0.3) is 12.4 Å². The molecular formula is C11H15N3O4. The molecule has 1 aliphatic heterocycles. The van der Waals surface area contributed by atoms with Crippen molar-refractivity contribution in [2.75, 3.05) is 32.9 Å². The van der Waals surface area contributed by atoms with Gasteiger partial charge in [-0.1, -0.05) is 0 Å². The molecule has 1 saturated heterocycles. The first-order valence-electron chi connectivity index (χ1n) is 5.77. The Morgan fingerprint density at radius 2 is 2.33 bits per heavy atom. The normalized spacial score (nSPS) is 15.4. The van der Waals surface area contributed by atoms with Gasteiger partial charge in [0.05, 0.1) is 26.0 Å². The number of H-pyrrole nitrogens is 1. The first kappa shape index (κ1) is 12.6. The van der Waals surface area contributed by atoms with Gasteiger partial charge < -0.3 is 19.4 Å². The zero-order valence-corrected chi connectivity index (χ0v) is 9.92. The van der Waals surface area contributed by atoms with E-state index in [4.69, 9.17) is 4.74 Å². The van der Waals surface area contributed by atoms with Gasteiger partial charge in [-0.05, 0) is 0 Å². The lowest BCUT2D eigenvalue weighted by molar-refractivity contribution is -0.128. The summed E-state index contributed by atoms with van der Waals surface area (Å²) in [5.74, 6) is 0.557. The number of hydrogen-bond donors (Lipinski definition) is 1. The van der Waals surface area contributed by atoms with Gasteiger partial charge >= 0.3 is 0 Å². The molecule has 2 heterocycles. The predicted octanol–water partition coefficient (Wildman–Crippen LogP) is -0.402. The van der Waals surface area contributed by atoms with E-state index in [0.717, 1.165) is 0 Å². The second-order valence-electron chi connectivity index (χ2n) is 3.87. The molecule has 2 rings (SSSR count). The largest absolute Gasteiger partial charge is 0.467 e. The molecule has 1 aromatic rings. The summed E-state index contributed by atoms with van der Waals surface area (Å²) in [7, 11) is 0. The van der Waals surface area contributed by atoms with Crippen molar-refractivity contribution in [1.29, 1.82) is 0 Å². The van der Waals surface area contributed by atoms with Crippen molar-refractivity contribution in [2.45, 2.75) is 6.42 Å². The van der Waals surface area contributed by atoms with Crippen LogP contribution in [0.4, 0.5) is 0 Å². The zero-order valence-electron chi connectivity index (χ0n) is 9.92. The van der Waals surface area contributed by atoms with Gasteiger partial charge in [0.2, 0.25) is 0 Å². The lowest BCUT2D eigenvalue weighted by atomic mass is 10.3. The molecule has 0 unspecified atom stereocenters. The molecule has 0 atom stereocenters. The van der Waals surface area contributed by atoms with Crippen molar-refractivity contribution >= 4 is 12.4 Å². The number of amides is 1. The van der Waals surface area contributed by atoms with Crippen LogP contribution in [0, 0.1) is 0 Å². The molecule has 0 aliphatic carbocycles. The molecular weight excluding hydrogens is 238 g/mol. The summed E-state index contributed by atoms with van der Waals surface area (Å²) < 4.78 is 9.76. The first-order valence-corrected chi connectivity index (χ1v) is 5.77. The highest BCUT2D eigenvalue weighted by Gasteiger charge is 2.20. The number of rotatable bonds is 5. The minimum Gasteiger partial charge on any atom is -0.467 e. The van der Waals surface area contributed by atoms with Crippen LogP contribution < -0.4 is 0 Å². The van der Waals surface area contributed by atoms with Crippen LogP contribution in [0.2, 0.25) is 0 Å². The number of ether oxygens (including phenoxy) is 2. The summed E-state index contributed by atoms with van der Waals surface area (Å²) in [6.45, 7) is 2.98. The third-order valence-corrected chi connectivity index (χ3v) is 2.68. The fraction of sp³-hybridized carbons (Fsp3) is 0.545. The molecule has 0 saturated carbocycles. The van der Waals surface area contributed by atoms with Crippen LogP contribution >= 0.6 is 0 Å². The average molecular weight is 253 g/mol. The van der Waals surface area contributed by atoms with Crippen molar-refractivity contribution in [3.05, 3.63) is 17.7 Å². The van der Waals surface area contributed by atoms with Crippen molar-refractivity contribution in [3.8, 4) is 0 Å². The van der Waals surface area contributed by atoms with E-state index in [1.54, 1.807) is 4.90 Å². The lowest BCUT2D eigenvalue weighted by Gasteiger charge is -2.26. The minimum absolute atomic E-state index is 0.0756. The van der Waals surface area contributed by atoms with E-state index >= 15 is 0 Å². The van der Waals surface area contributed by atoms with Crippen LogP contribution in [0.3, 0.4) is 0 Å². The third-order valence-electron chi connectivity index (χ3n) is 2.68. The number of morpholine rings is 1. The third kappa shape index (κ3) is 3.07. The van der Waals surface area contributed by atoms with Crippen LogP contribution in [-0.4, -0.2) is 60.2 Å². The second-order valence-corrected chi connectivity index (χ2v) is 3.87. The summed E-state index contributed by atoms with van der Waals surface area (Å²) in [4.78, 5) is 30.8. The highest BCUT2D eigenvalue weighted by Crippen LogP contribution is 2.06. The maximum Gasteiger partial charge on any atom is 0.293 e. The van der Waals surface area contributed by atoms with E-state index in [9.17, 15) is 9.59 Å². The van der Waals surface area contributed by atoms with Crippen LogP contribution in [0.5, 0.6) is 0 Å². The molecule has 1 aliphatic rings. The van der Waals surface area contributed by atoms with Crippen LogP contribution in [0.1, 0.15) is 16.3 Å². The van der Waals surface area contributed by atoms with Crippen LogP contribution in [-0.2, 0) is 20.7 Å². The topological polar surface area (TPSA) is 84.5 Å². The van der Waals surface area contributed by atoms with Crippen molar-refractivity contribution in [3.63, 3.8) is 0 Å². The molecule has 1 N–H and O–H groups in total. The van der Waals surface area contributed by atoms with Crippen LogP contribution in [0.25, 0.3) is 0 Å². The quantitative estimate of drug-likeness (QED) is 0.570. The van der Waals surface area contributed by atoms with E-state index in [2.05, 4.69) is 14.7 Å². The monoisotopic (exact) mass is 253 g/mol. The van der Waals surface area contributed by atoms with E-state index in [0.29, 0.717) is 50.7 Å². The Hall–Kier alpha value is -1.89. The number of aromatic nitrogens is 2. The number of nitrogens with one attached hydrogen (secondary N) is 1. The Morgan fingerprint density at radius 1 is 1.56 bits per heavy atom. The summed E-state index contributed by atoms with van der Waals surface area (Å²) in [6, 6.07) is 0. The van der Waals surface area contributed by atoms with Gasteiger partial charge in [0.1, 0.15) is 11.5 Å². The molecule has 1 fully saturated rings. The Bertz CT molecular complexity index is 412. The van der Waals surface area contributed by atoms with Crippen molar-refractivity contribution in [2.24, 2.45) is 0 Å². The number of carbonyl (C=O) groups is 2. The molecule has 7 nitrogen and oxygen atoms in total. The van der Waals surface area contributed by atoms with Gasteiger partial charge in [-0.3, -0.25) is 9.59 Å². The Labute approximate surface area is 104 Å². The maximum absolute atomic E-state index is 12.1. The van der Waals surface area contributed by atoms with Gasteiger partial charge in [-0.15, -0.1) is 0 Å². The molecule has 7 heteroatoms. The van der Waals surface area contributed by atoms with E-state index in [1.807, 2.05) is 0 Å². The smallest absolute Gasteiger partial charge is 0.293 e. The van der Waals surface area contributed by atoms with Gasteiger partial charge in [0.15, 0.2) is 0 Å². The highest BCUT2D eigenvalue weighted by molar-refractivity contribution is 5.92. The molecule has 18 heavy (non-hydrogen) atoms. The maximum atomic E-state index is 12.1. The van der Waals surface area contributed by atoms with E-state index in [1.165, 1.54) is 6.20 Å². The molecule has 0 aromatic carbocycles. The summed E-state index contributed by atoms with van der Waals surface area (Å²) in [5, 5.41) is 0. The van der Waals surface area contributed by atoms with Crippen LogP contribution in [0.15, 0.2) is 6.20 Å². The summed E-state index contributed by atoms with van der Waals surface area (Å²) in [6.07, 6.45) is 1.98. The molecule has 1 amide bonds. The number of hydrogen-bond acceptors (Lipinski definition) is 5.